The maximum atomic E-state index is 13.5. The first-order valence-corrected chi connectivity index (χ1v) is 12.2. The van der Waals surface area contributed by atoms with E-state index in [4.69, 9.17) is 14.5 Å². The normalized spacial score (nSPS) is 11.7. The lowest BCUT2D eigenvalue weighted by Crippen LogP contribution is -2.31. The standard InChI is InChI=1S/C30H28N4O3/c1-3-36-27-18-23(15-16-26(27)37-20-21-10-9-17-31-19-21)30(35)33-28(22-11-5-4-6-12-22)29-32-24-13-7-8-14-25(24)34(29)2/h4-19,28H,3,20H2,1-2H3,(H,33,35). The predicted octanol–water partition coefficient (Wildman–Crippen LogP) is 5.47. The number of fused-ring (bicyclic) bond motifs is 1. The molecule has 2 aromatic heterocycles. The minimum absolute atomic E-state index is 0.235. The van der Waals surface area contributed by atoms with Gasteiger partial charge in [0.15, 0.2) is 11.5 Å². The molecule has 7 heteroatoms. The molecular weight excluding hydrogens is 464 g/mol. The van der Waals surface area contributed by atoms with Crippen molar-refractivity contribution in [1.82, 2.24) is 19.9 Å². The van der Waals surface area contributed by atoms with E-state index in [1.807, 2.05) is 85.3 Å². The third kappa shape index (κ3) is 5.30. The summed E-state index contributed by atoms with van der Waals surface area (Å²) in [6.07, 6.45) is 3.48. The fourth-order valence-corrected chi connectivity index (χ4v) is 4.26. The fraction of sp³-hybridized carbons (Fsp3) is 0.167. The van der Waals surface area contributed by atoms with Gasteiger partial charge >= 0.3 is 0 Å². The predicted molar refractivity (Wildman–Crippen MR) is 143 cm³/mol. The Hall–Kier alpha value is -4.65. The van der Waals surface area contributed by atoms with Crippen LogP contribution in [0.2, 0.25) is 0 Å². The molecule has 0 bridgehead atoms. The Morgan fingerprint density at radius 1 is 0.946 bits per heavy atom. The van der Waals surface area contributed by atoms with Crippen LogP contribution in [0.3, 0.4) is 0 Å². The second-order valence-electron chi connectivity index (χ2n) is 8.58. The summed E-state index contributed by atoms with van der Waals surface area (Å²) in [7, 11) is 1.97. The Balaban J connectivity index is 1.43. The molecule has 0 saturated carbocycles. The van der Waals surface area contributed by atoms with Gasteiger partial charge in [-0.25, -0.2) is 4.98 Å². The van der Waals surface area contributed by atoms with Crippen molar-refractivity contribution in [2.75, 3.05) is 6.61 Å². The Morgan fingerprint density at radius 2 is 1.76 bits per heavy atom. The number of imidazole rings is 1. The quantitative estimate of drug-likeness (QED) is 0.295. The molecule has 1 N–H and O–H groups in total. The number of aryl methyl sites for hydroxylation is 1. The van der Waals surface area contributed by atoms with Crippen molar-refractivity contribution in [2.45, 2.75) is 19.6 Å². The van der Waals surface area contributed by atoms with Gasteiger partial charge in [0, 0.05) is 30.6 Å². The van der Waals surface area contributed by atoms with Gasteiger partial charge in [0.2, 0.25) is 0 Å². The van der Waals surface area contributed by atoms with E-state index in [0.717, 1.165) is 28.0 Å². The highest BCUT2D eigenvalue weighted by atomic mass is 16.5. The van der Waals surface area contributed by atoms with Crippen LogP contribution in [0, 0.1) is 0 Å². The molecule has 7 nitrogen and oxygen atoms in total. The van der Waals surface area contributed by atoms with Gasteiger partial charge in [-0.2, -0.15) is 0 Å². The van der Waals surface area contributed by atoms with Crippen LogP contribution in [-0.2, 0) is 13.7 Å². The zero-order valence-electron chi connectivity index (χ0n) is 20.8. The molecule has 1 atom stereocenters. The number of rotatable bonds is 9. The Morgan fingerprint density at radius 3 is 2.51 bits per heavy atom. The molecule has 0 fully saturated rings. The van der Waals surface area contributed by atoms with E-state index in [2.05, 4.69) is 10.3 Å². The number of carbonyl (C=O) groups is 1. The maximum Gasteiger partial charge on any atom is 0.252 e. The van der Waals surface area contributed by atoms with Crippen molar-refractivity contribution < 1.29 is 14.3 Å². The van der Waals surface area contributed by atoms with Gasteiger partial charge in [0.05, 0.1) is 17.6 Å². The molecule has 186 valence electrons. The van der Waals surface area contributed by atoms with Crippen molar-refractivity contribution in [3.05, 3.63) is 120 Å². The van der Waals surface area contributed by atoms with Gasteiger partial charge in [-0.05, 0) is 48.9 Å². The number of carbonyl (C=O) groups excluding carboxylic acids is 1. The molecule has 0 radical (unpaired) electrons. The number of ether oxygens (including phenoxy) is 2. The van der Waals surface area contributed by atoms with E-state index in [1.165, 1.54) is 0 Å². The average Bonchev–Trinajstić information content (AvgIpc) is 3.28. The van der Waals surface area contributed by atoms with Crippen molar-refractivity contribution in [2.24, 2.45) is 7.05 Å². The van der Waals surface area contributed by atoms with Crippen LogP contribution in [0.15, 0.2) is 97.3 Å². The smallest absolute Gasteiger partial charge is 0.252 e. The van der Waals surface area contributed by atoms with Crippen LogP contribution in [-0.4, -0.2) is 27.0 Å². The summed E-state index contributed by atoms with van der Waals surface area (Å²) >= 11 is 0. The fourth-order valence-electron chi connectivity index (χ4n) is 4.26. The number of para-hydroxylation sites is 2. The van der Waals surface area contributed by atoms with E-state index < -0.39 is 6.04 Å². The minimum atomic E-state index is -0.442. The zero-order valence-corrected chi connectivity index (χ0v) is 20.8. The second-order valence-corrected chi connectivity index (χ2v) is 8.58. The number of aromatic nitrogens is 3. The molecule has 0 aliphatic rings. The molecule has 0 aliphatic heterocycles. The average molecular weight is 493 g/mol. The van der Waals surface area contributed by atoms with Crippen LogP contribution < -0.4 is 14.8 Å². The molecule has 2 heterocycles. The summed E-state index contributed by atoms with van der Waals surface area (Å²) in [5, 5.41) is 3.19. The van der Waals surface area contributed by atoms with Gasteiger partial charge in [0.1, 0.15) is 18.5 Å². The summed E-state index contributed by atoms with van der Waals surface area (Å²) in [6, 6.07) is 26.4. The Kier molecular flexibility index (Phi) is 7.12. The summed E-state index contributed by atoms with van der Waals surface area (Å²) in [4.78, 5) is 22.5. The van der Waals surface area contributed by atoms with E-state index in [1.54, 1.807) is 30.6 Å². The van der Waals surface area contributed by atoms with Crippen molar-refractivity contribution in [1.29, 1.82) is 0 Å². The lowest BCUT2D eigenvalue weighted by molar-refractivity contribution is 0.0940. The number of benzene rings is 3. The highest BCUT2D eigenvalue weighted by molar-refractivity contribution is 5.95. The summed E-state index contributed by atoms with van der Waals surface area (Å²) in [5.41, 5.74) is 4.23. The van der Waals surface area contributed by atoms with Gasteiger partial charge < -0.3 is 19.4 Å². The number of nitrogens with zero attached hydrogens (tertiary/aromatic N) is 3. The Labute approximate surface area is 215 Å². The molecular formula is C30H28N4O3. The number of hydrogen-bond donors (Lipinski definition) is 1. The third-order valence-electron chi connectivity index (χ3n) is 6.11. The monoisotopic (exact) mass is 492 g/mol. The van der Waals surface area contributed by atoms with Crippen LogP contribution in [0.1, 0.15) is 40.3 Å². The molecule has 1 unspecified atom stereocenters. The molecule has 5 aromatic rings. The lowest BCUT2D eigenvalue weighted by Gasteiger charge is -2.20. The zero-order chi connectivity index (χ0) is 25.6. The van der Waals surface area contributed by atoms with Gasteiger partial charge in [-0.15, -0.1) is 0 Å². The van der Waals surface area contributed by atoms with Gasteiger partial charge in [0.25, 0.3) is 5.91 Å². The first-order valence-electron chi connectivity index (χ1n) is 12.2. The van der Waals surface area contributed by atoms with Crippen molar-refractivity contribution >= 4 is 16.9 Å². The van der Waals surface area contributed by atoms with Crippen molar-refractivity contribution in [3.8, 4) is 11.5 Å². The van der Waals surface area contributed by atoms with E-state index in [0.29, 0.717) is 30.3 Å². The summed E-state index contributed by atoms with van der Waals surface area (Å²) in [5.74, 6) is 1.60. The maximum absolute atomic E-state index is 13.5. The van der Waals surface area contributed by atoms with E-state index in [-0.39, 0.29) is 5.91 Å². The minimum Gasteiger partial charge on any atom is -0.490 e. The molecule has 5 rings (SSSR count). The Bertz CT molecular complexity index is 1500. The number of hydrogen-bond acceptors (Lipinski definition) is 5. The third-order valence-corrected chi connectivity index (χ3v) is 6.11. The summed E-state index contributed by atoms with van der Waals surface area (Å²) in [6.45, 7) is 2.69. The molecule has 1 amide bonds. The second kappa shape index (κ2) is 11.0. The van der Waals surface area contributed by atoms with E-state index >= 15 is 0 Å². The molecule has 0 spiro atoms. The first-order chi connectivity index (χ1) is 18.1. The highest BCUT2D eigenvalue weighted by Crippen LogP contribution is 2.30. The highest BCUT2D eigenvalue weighted by Gasteiger charge is 2.24. The number of nitrogens with one attached hydrogen (secondary N) is 1. The van der Waals surface area contributed by atoms with Crippen molar-refractivity contribution in [3.63, 3.8) is 0 Å². The molecule has 37 heavy (non-hydrogen) atoms. The first kappa shape index (κ1) is 24.1. The SMILES string of the molecule is CCOc1cc(C(=O)NC(c2ccccc2)c2nc3ccccc3n2C)ccc1OCc1cccnc1. The van der Waals surface area contributed by atoms with E-state index in [9.17, 15) is 4.79 Å². The largest absolute Gasteiger partial charge is 0.490 e. The van der Waals surface area contributed by atoms with Crippen LogP contribution in [0.4, 0.5) is 0 Å². The molecule has 0 aliphatic carbocycles. The number of pyridine rings is 1. The van der Waals surface area contributed by atoms with Crippen LogP contribution >= 0.6 is 0 Å². The molecule has 3 aromatic carbocycles. The van der Waals surface area contributed by atoms with Crippen LogP contribution in [0.5, 0.6) is 11.5 Å². The van der Waals surface area contributed by atoms with Gasteiger partial charge in [-0.3, -0.25) is 9.78 Å². The van der Waals surface area contributed by atoms with Crippen LogP contribution in [0.25, 0.3) is 11.0 Å². The number of amides is 1. The lowest BCUT2D eigenvalue weighted by atomic mass is 10.1. The topological polar surface area (TPSA) is 78.3 Å². The summed E-state index contributed by atoms with van der Waals surface area (Å²) < 4.78 is 13.8. The molecule has 0 saturated heterocycles. The van der Waals surface area contributed by atoms with Gasteiger partial charge in [-0.1, -0.05) is 48.5 Å².